The summed E-state index contributed by atoms with van der Waals surface area (Å²) in [4.78, 5) is 0. The van der Waals surface area contributed by atoms with Crippen molar-refractivity contribution in [3.05, 3.63) is 18.2 Å². The molecule has 0 aliphatic heterocycles. The second-order valence-electron chi connectivity index (χ2n) is 5.93. The quantitative estimate of drug-likeness (QED) is 0.873. The Labute approximate surface area is 124 Å². The van der Waals surface area contributed by atoms with Crippen LogP contribution in [0.1, 0.15) is 26.2 Å². The summed E-state index contributed by atoms with van der Waals surface area (Å²) in [6.45, 7) is 3.18. The van der Waals surface area contributed by atoms with Crippen LogP contribution in [0, 0.1) is 11.8 Å². The molecule has 1 aliphatic carbocycles. The summed E-state index contributed by atoms with van der Waals surface area (Å²) in [5.41, 5.74) is 7.48. The standard InChI is InChI=1S/C15H21N5O/c1-10-3-4-11(7-10)9-20-15(17-18-19-20)12-5-6-14(21-2)13(16)8-12/h5-6,8,10-11H,3-4,7,9,16H2,1-2H3. The molecular formula is C15H21N5O. The molecule has 1 heterocycles. The molecule has 1 aromatic carbocycles. The number of anilines is 1. The van der Waals surface area contributed by atoms with E-state index < -0.39 is 0 Å². The third kappa shape index (κ3) is 2.84. The van der Waals surface area contributed by atoms with Crippen LogP contribution in [0.25, 0.3) is 11.4 Å². The van der Waals surface area contributed by atoms with Gasteiger partial charge in [-0.2, -0.15) is 0 Å². The molecule has 1 fully saturated rings. The zero-order valence-corrected chi connectivity index (χ0v) is 12.5. The van der Waals surface area contributed by atoms with E-state index in [9.17, 15) is 0 Å². The van der Waals surface area contributed by atoms with Crippen LogP contribution in [-0.2, 0) is 6.54 Å². The third-order valence-electron chi connectivity index (χ3n) is 4.25. The lowest BCUT2D eigenvalue weighted by Crippen LogP contribution is -2.11. The topological polar surface area (TPSA) is 78.9 Å². The van der Waals surface area contributed by atoms with Crippen LogP contribution >= 0.6 is 0 Å². The van der Waals surface area contributed by atoms with E-state index in [0.717, 1.165) is 23.9 Å². The highest BCUT2D eigenvalue weighted by Crippen LogP contribution is 2.32. The molecule has 112 valence electrons. The summed E-state index contributed by atoms with van der Waals surface area (Å²) in [7, 11) is 1.61. The molecular weight excluding hydrogens is 266 g/mol. The van der Waals surface area contributed by atoms with E-state index in [1.807, 2.05) is 22.9 Å². The maximum atomic E-state index is 5.97. The number of nitrogen functional groups attached to an aromatic ring is 1. The Kier molecular flexibility index (Phi) is 3.77. The lowest BCUT2D eigenvalue weighted by molar-refractivity contribution is 0.412. The first-order valence-corrected chi connectivity index (χ1v) is 7.37. The van der Waals surface area contributed by atoms with Gasteiger partial charge >= 0.3 is 0 Å². The lowest BCUT2D eigenvalue weighted by atomic mass is 10.1. The summed E-state index contributed by atoms with van der Waals surface area (Å²) in [5.74, 6) is 2.91. The minimum Gasteiger partial charge on any atom is -0.495 e. The van der Waals surface area contributed by atoms with E-state index in [1.54, 1.807) is 7.11 Å². The van der Waals surface area contributed by atoms with Gasteiger partial charge in [0, 0.05) is 12.1 Å². The largest absolute Gasteiger partial charge is 0.495 e. The number of hydrogen-bond donors (Lipinski definition) is 1. The second-order valence-corrected chi connectivity index (χ2v) is 5.93. The molecule has 1 aliphatic rings. The zero-order valence-electron chi connectivity index (χ0n) is 12.5. The van der Waals surface area contributed by atoms with Gasteiger partial charge in [-0.1, -0.05) is 13.3 Å². The van der Waals surface area contributed by atoms with Crippen molar-refractivity contribution in [3.63, 3.8) is 0 Å². The highest BCUT2D eigenvalue weighted by Gasteiger charge is 2.23. The van der Waals surface area contributed by atoms with Crippen LogP contribution < -0.4 is 10.5 Å². The number of rotatable bonds is 4. The Morgan fingerprint density at radius 1 is 1.38 bits per heavy atom. The average Bonchev–Trinajstić information content (AvgIpc) is 3.08. The molecule has 1 aromatic heterocycles. The Balaban J connectivity index is 1.83. The molecule has 2 aromatic rings. The van der Waals surface area contributed by atoms with Gasteiger partial charge in [-0.25, -0.2) is 4.68 Å². The van der Waals surface area contributed by atoms with Crippen LogP contribution in [0.15, 0.2) is 18.2 Å². The van der Waals surface area contributed by atoms with E-state index in [-0.39, 0.29) is 0 Å². The van der Waals surface area contributed by atoms with Crippen LogP contribution in [0.5, 0.6) is 5.75 Å². The maximum absolute atomic E-state index is 5.97. The number of ether oxygens (including phenoxy) is 1. The van der Waals surface area contributed by atoms with Gasteiger partial charge in [-0.3, -0.25) is 0 Å². The number of benzene rings is 1. The lowest BCUT2D eigenvalue weighted by Gasteiger charge is -2.11. The van der Waals surface area contributed by atoms with Gasteiger partial charge in [0.05, 0.1) is 12.8 Å². The van der Waals surface area contributed by atoms with Crippen LogP contribution in [0.4, 0.5) is 5.69 Å². The normalized spacial score (nSPS) is 21.6. The summed E-state index contributed by atoms with van der Waals surface area (Å²) in [5, 5.41) is 12.1. The van der Waals surface area contributed by atoms with Crippen LogP contribution in [-0.4, -0.2) is 27.3 Å². The number of nitrogens with two attached hydrogens (primary N) is 1. The molecule has 2 unspecified atom stereocenters. The molecule has 21 heavy (non-hydrogen) atoms. The van der Waals surface area contributed by atoms with E-state index in [2.05, 4.69) is 22.4 Å². The number of tetrazole rings is 1. The van der Waals surface area contributed by atoms with Gasteiger partial charge < -0.3 is 10.5 Å². The summed E-state index contributed by atoms with van der Waals surface area (Å²) >= 11 is 0. The number of nitrogens with zero attached hydrogens (tertiary/aromatic N) is 4. The molecule has 2 atom stereocenters. The molecule has 0 bridgehead atoms. The van der Waals surface area contributed by atoms with Crippen molar-refractivity contribution in [1.29, 1.82) is 0 Å². The molecule has 0 saturated heterocycles. The maximum Gasteiger partial charge on any atom is 0.182 e. The van der Waals surface area contributed by atoms with E-state index in [4.69, 9.17) is 10.5 Å². The minimum absolute atomic E-state index is 0.596. The zero-order chi connectivity index (χ0) is 14.8. The highest BCUT2D eigenvalue weighted by molar-refractivity contribution is 5.66. The highest BCUT2D eigenvalue weighted by atomic mass is 16.5. The third-order valence-corrected chi connectivity index (χ3v) is 4.25. The first-order chi connectivity index (χ1) is 10.2. The molecule has 6 heteroatoms. The average molecular weight is 287 g/mol. The first kappa shape index (κ1) is 13.9. The predicted octanol–water partition coefficient (Wildman–Crippen LogP) is 2.37. The molecule has 0 radical (unpaired) electrons. The van der Waals surface area contributed by atoms with Gasteiger partial charge in [0.1, 0.15) is 5.75 Å². The van der Waals surface area contributed by atoms with Crippen molar-refractivity contribution in [2.45, 2.75) is 32.7 Å². The SMILES string of the molecule is COc1ccc(-c2nnnn2CC2CCC(C)C2)cc1N. The summed E-state index contributed by atoms with van der Waals surface area (Å²) in [6.07, 6.45) is 3.81. The molecule has 0 spiro atoms. The van der Waals surface area contributed by atoms with Gasteiger partial charge in [-0.15, -0.1) is 5.10 Å². The fourth-order valence-electron chi connectivity index (χ4n) is 3.14. The van der Waals surface area contributed by atoms with E-state index in [0.29, 0.717) is 17.4 Å². The van der Waals surface area contributed by atoms with Crippen molar-refractivity contribution in [2.24, 2.45) is 11.8 Å². The molecule has 6 nitrogen and oxygen atoms in total. The number of aromatic nitrogens is 4. The molecule has 0 amide bonds. The Hall–Kier alpha value is -2.11. The summed E-state index contributed by atoms with van der Waals surface area (Å²) in [6, 6.07) is 5.65. The molecule has 1 saturated carbocycles. The van der Waals surface area contributed by atoms with Crippen LogP contribution in [0.2, 0.25) is 0 Å². The van der Waals surface area contributed by atoms with Gasteiger partial charge in [0.15, 0.2) is 5.82 Å². The van der Waals surface area contributed by atoms with Crippen LogP contribution in [0.3, 0.4) is 0 Å². The molecule has 3 rings (SSSR count). The van der Waals surface area contributed by atoms with Crippen molar-refractivity contribution in [2.75, 3.05) is 12.8 Å². The minimum atomic E-state index is 0.596. The first-order valence-electron chi connectivity index (χ1n) is 7.37. The number of methoxy groups -OCH3 is 1. The Morgan fingerprint density at radius 3 is 2.90 bits per heavy atom. The predicted molar refractivity (Wildman–Crippen MR) is 80.7 cm³/mol. The van der Waals surface area contributed by atoms with Crippen molar-refractivity contribution < 1.29 is 4.74 Å². The fraction of sp³-hybridized carbons (Fsp3) is 0.533. The number of hydrogen-bond acceptors (Lipinski definition) is 5. The van der Waals surface area contributed by atoms with Gasteiger partial charge in [0.2, 0.25) is 0 Å². The van der Waals surface area contributed by atoms with Crippen molar-refractivity contribution in [1.82, 2.24) is 20.2 Å². The van der Waals surface area contributed by atoms with Gasteiger partial charge in [0.25, 0.3) is 0 Å². The van der Waals surface area contributed by atoms with Crippen molar-refractivity contribution >= 4 is 5.69 Å². The smallest absolute Gasteiger partial charge is 0.182 e. The summed E-state index contributed by atoms with van der Waals surface area (Å²) < 4.78 is 7.08. The van der Waals surface area contributed by atoms with Gasteiger partial charge in [-0.05, 0) is 53.3 Å². The van der Waals surface area contributed by atoms with Crippen molar-refractivity contribution in [3.8, 4) is 17.1 Å². The van der Waals surface area contributed by atoms with E-state index >= 15 is 0 Å². The molecule has 2 N–H and O–H groups in total. The second kappa shape index (κ2) is 5.71. The fourth-order valence-corrected chi connectivity index (χ4v) is 3.14. The van der Waals surface area contributed by atoms with E-state index in [1.165, 1.54) is 19.3 Å². The monoisotopic (exact) mass is 287 g/mol. The Bertz CT molecular complexity index is 624. The Morgan fingerprint density at radius 2 is 2.24 bits per heavy atom.